The highest BCUT2D eigenvalue weighted by Crippen LogP contribution is 2.27. The van der Waals surface area contributed by atoms with Gasteiger partial charge in [-0.15, -0.1) is 0 Å². The normalized spacial score (nSPS) is 16.5. The van der Waals surface area contributed by atoms with Crippen LogP contribution in [0.3, 0.4) is 0 Å². The minimum absolute atomic E-state index is 0.148. The van der Waals surface area contributed by atoms with Gasteiger partial charge < -0.3 is 14.7 Å². The van der Waals surface area contributed by atoms with Crippen molar-refractivity contribution in [3.05, 3.63) is 58.3 Å². The smallest absolute Gasteiger partial charge is 0.146 e. The third-order valence-electron chi connectivity index (χ3n) is 4.36. The molecule has 1 aliphatic rings. The van der Waals surface area contributed by atoms with E-state index in [4.69, 9.17) is 27.9 Å². The van der Waals surface area contributed by atoms with Crippen LogP contribution in [-0.2, 0) is 0 Å². The fourth-order valence-electron chi connectivity index (χ4n) is 3.01. The van der Waals surface area contributed by atoms with Crippen LogP contribution in [0.1, 0.15) is 0 Å². The van der Waals surface area contributed by atoms with Gasteiger partial charge in [-0.05, 0) is 30.3 Å². The van der Waals surface area contributed by atoms with Crippen molar-refractivity contribution in [2.24, 2.45) is 0 Å². The molecule has 1 fully saturated rings. The summed E-state index contributed by atoms with van der Waals surface area (Å²) in [4.78, 5) is 4.18. The molecule has 0 saturated carbocycles. The minimum atomic E-state index is -0.637. The van der Waals surface area contributed by atoms with Crippen molar-refractivity contribution >= 4 is 28.9 Å². The molecule has 1 aliphatic heterocycles. The van der Waals surface area contributed by atoms with E-state index in [1.54, 1.807) is 30.3 Å². The lowest BCUT2D eigenvalue weighted by Crippen LogP contribution is -2.49. The summed E-state index contributed by atoms with van der Waals surface area (Å²) >= 11 is 11.9. The predicted molar refractivity (Wildman–Crippen MR) is 103 cm³/mol. The molecule has 0 aromatic heterocycles. The standard InChI is InChI=1S/C19H21Cl2FN2O2/c20-14-5-6-19(16(21)11-14)26-13-15(25)12-23-7-9-24(10-8-23)18-4-2-1-3-17(18)22/h1-6,11,15,25H,7-10,12-13H2/t15-/m0/s1. The number of ether oxygens (including phenoxy) is 1. The summed E-state index contributed by atoms with van der Waals surface area (Å²) in [5.41, 5.74) is 0.633. The Hall–Kier alpha value is -1.53. The quantitative estimate of drug-likeness (QED) is 0.804. The molecule has 7 heteroatoms. The molecule has 26 heavy (non-hydrogen) atoms. The second kappa shape index (κ2) is 8.91. The van der Waals surface area contributed by atoms with Gasteiger partial charge in [0, 0.05) is 37.7 Å². The number of halogens is 3. The van der Waals surface area contributed by atoms with Crippen LogP contribution in [0.5, 0.6) is 5.75 Å². The highest BCUT2D eigenvalue weighted by molar-refractivity contribution is 6.35. The summed E-state index contributed by atoms with van der Waals surface area (Å²) in [6, 6.07) is 11.8. The molecule has 4 nitrogen and oxygen atoms in total. The van der Waals surface area contributed by atoms with Gasteiger partial charge in [-0.1, -0.05) is 35.3 Å². The van der Waals surface area contributed by atoms with E-state index in [1.807, 2.05) is 11.0 Å². The van der Waals surface area contributed by atoms with Crippen molar-refractivity contribution < 1.29 is 14.2 Å². The summed E-state index contributed by atoms with van der Waals surface area (Å²) in [7, 11) is 0. The molecule has 0 radical (unpaired) electrons. The molecule has 140 valence electrons. The number of aliphatic hydroxyl groups excluding tert-OH is 1. The van der Waals surface area contributed by atoms with Crippen molar-refractivity contribution in [2.45, 2.75) is 6.10 Å². The largest absolute Gasteiger partial charge is 0.489 e. The molecule has 1 atom stereocenters. The molecule has 1 N–H and O–H groups in total. The zero-order valence-corrected chi connectivity index (χ0v) is 15.8. The van der Waals surface area contributed by atoms with Gasteiger partial charge in [0.05, 0.1) is 10.7 Å². The van der Waals surface area contributed by atoms with E-state index in [9.17, 15) is 9.50 Å². The zero-order valence-electron chi connectivity index (χ0n) is 14.2. The molecule has 2 aromatic rings. The lowest BCUT2D eigenvalue weighted by Gasteiger charge is -2.36. The Balaban J connectivity index is 1.44. The van der Waals surface area contributed by atoms with E-state index >= 15 is 0 Å². The van der Waals surface area contributed by atoms with Crippen LogP contribution in [0, 0.1) is 5.82 Å². The van der Waals surface area contributed by atoms with Crippen molar-refractivity contribution in [1.82, 2.24) is 4.90 Å². The Morgan fingerprint density at radius 1 is 1.08 bits per heavy atom. The summed E-state index contributed by atoms with van der Waals surface area (Å²) in [5, 5.41) is 11.2. The van der Waals surface area contributed by atoms with Gasteiger partial charge in [-0.3, -0.25) is 4.90 Å². The monoisotopic (exact) mass is 398 g/mol. The molecule has 2 aromatic carbocycles. The van der Waals surface area contributed by atoms with Gasteiger partial charge in [-0.25, -0.2) is 4.39 Å². The summed E-state index contributed by atoms with van der Waals surface area (Å²) in [6.07, 6.45) is -0.637. The van der Waals surface area contributed by atoms with Crippen LogP contribution >= 0.6 is 23.2 Å². The lowest BCUT2D eigenvalue weighted by molar-refractivity contribution is 0.0663. The topological polar surface area (TPSA) is 35.9 Å². The van der Waals surface area contributed by atoms with Crippen LogP contribution in [-0.4, -0.2) is 55.4 Å². The third-order valence-corrected chi connectivity index (χ3v) is 4.89. The molecule has 0 unspecified atom stereocenters. The average Bonchev–Trinajstić information content (AvgIpc) is 2.62. The third kappa shape index (κ3) is 5.01. The van der Waals surface area contributed by atoms with E-state index in [-0.39, 0.29) is 12.4 Å². The van der Waals surface area contributed by atoms with Crippen LogP contribution < -0.4 is 9.64 Å². The molecule has 3 rings (SSSR count). The SMILES string of the molecule is O[C@H](COc1ccc(Cl)cc1Cl)CN1CCN(c2ccccc2F)CC1. The van der Waals surface area contributed by atoms with Crippen LogP contribution in [0.4, 0.5) is 10.1 Å². The molecular weight excluding hydrogens is 378 g/mol. The highest BCUT2D eigenvalue weighted by Gasteiger charge is 2.21. The fraction of sp³-hybridized carbons (Fsp3) is 0.368. The maximum Gasteiger partial charge on any atom is 0.146 e. The summed E-state index contributed by atoms with van der Waals surface area (Å²) < 4.78 is 19.4. The summed E-state index contributed by atoms with van der Waals surface area (Å²) in [5.74, 6) is 0.300. The molecule has 1 heterocycles. The highest BCUT2D eigenvalue weighted by atomic mass is 35.5. The number of anilines is 1. The molecule has 0 amide bonds. The first-order valence-electron chi connectivity index (χ1n) is 8.50. The van der Waals surface area contributed by atoms with E-state index in [0.29, 0.717) is 28.0 Å². The van der Waals surface area contributed by atoms with Crippen LogP contribution in [0.15, 0.2) is 42.5 Å². The number of hydrogen-bond donors (Lipinski definition) is 1. The number of aliphatic hydroxyl groups is 1. The van der Waals surface area contributed by atoms with Crippen molar-refractivity contribution in [2.75, 3.05) is 44.2 Å². The minimum Gasteiger partial charge on any atom is -0.489 e. The fourth-order valence-corrected chi connectivity index (χ4v) is 3.47. The van der Waals surface area contributed by atoms with Gasteiger partial charge in [0.15, 0.2) is 0 Å². The Morgan fingerprint density at radius 3 is 2.50 bits per heavy atom. The number of nitrogens with zero attached hydrogens (tertiary/aromatic N) is 2. The Labute approximate surface area is 162 Å². The first kappa shape index (κ1) is 19.2. The van der Waals surface area contributed by atoms with E-state index in [2.05, 4.69) is 4.90 Å². The molecule has 0 bridgehead atoms. The van der Waals surface area contributed by atoms with E-state index < -0.39 is 6.10 Å². The number of para-hydroxylation sites is 1. The van der Waals surface area contributed by atoms with Crippen molar-refractivity contribution in [3.63, 3.8) is 0 Å². The Bertz CT molecular complexity index is 739. The van der Waals surface area contributed by atoms with E-state index in [0.717, 1.165) is 26.2 Å². The second-order valence-corrected chi connectivity index (χ2v) is 7.12. The maximum atomic E-state index is 13.9. The number of hydrogen-bond acceptors (Lipinski definition) is 4. The first-order chi connectivity index (χ1) is 12.5. The summed E-state index contributed by atoms with van der Waals surface area (Å²) in [6.45, 7) is 3.60. The lowest BCUT2D eigenvalue weighted by atomic mass is 10.2. The number of benzene rings is 2. The number of rotatable bonds is 6. The zero-order chi connectivity index (χ0) is 18.5. The van der Waals surface area contributed by atoms with Gasteiger partial charge in [-0.2, -0.15) is 0 Å². The van der Waals surface area contributed by atoms with Crippen LogP contribution in [0.2, 0.25) is 10.0 Å². The number of β-amino-alcohol motifs (C(OH)–C–C–N with tert-alkyl or cyclic N) is 1. The van der Waals surface area contributed by atoms with Crippen molar-refractivity contribution in [3.8, 4) is 5.75 Å². The molecule has 0 aliphatic carbocycles. The predicted octanol–water partition coefficient (Wildman–Crippen LogP) is 3.69. The van der Waals surface area contributed by atoms with Crippen LogP contribution in [0.25, 0.3) is 0 Å². The van der Waals surface area contributed by atoms with E-state index in [1.165, 1.54) is 6.07 Å². The Kier molecular flexibility index (Phi) is 6.59. The maximum absolute atomic E-state index is 13.9. The Morgan fingerprint density at radius 2 is 1.81 bits per heavy atom. The number of piperazine rings is 1. The van der Waals surface area contributed by atoms with Gasteiger partial charge >= 0.3 is 0 Å². The molecular formula is C19H21Cl2FN2O2. The first-order valence-corrected chi connectivity index (χ1v) is 9.26. The second-order valence-electron chi connectivity index (χ2n) is 6.28. The van der Waals surface area contributed by atoms with Crippen molar-refractivity contribution in [1.29, 1.82) is 0 Å². The van der Waals surface area contributed by atoms with Gasteiger partial charge in [0.1, 0.15) is 24.3 Å². The average molecular weight is 399 g/mol. The molecule has 0 spiro atoms. The molecule has 1 saturated heterocycles. The van der Waals surface area contributed by atoms with Gasteiger partial charge in [0.2, 0.25) is 0 Å². The van der Waals surface area contributed by atoms with Gasteiger partial charge in [0.25, 0.3) is 0 Å².